The highest BCUT2D eigenvalue weighted by molar-refractivity contribution is 7.99. The molecule has 4 rings (SSSR count). The lowest BCUT2D eigenvalue weighted by Crippen LogP contribution is -2.27. The molecule has 118 valence electrons. The Balaban J connectivity index is 1.55. The zero-order chi connectivity index (χ0) is 14.9. The van der Waals surface area contributed by atoms with Crippen LogP contribution in [0.2, 0.25) is 0 Å². The first-order valence-corrected chi connectivity index (χ1v) is 9.88. The summed E-state index contributed by atoms with van der Waals surface area (Å²) in [6.07, 6.45) is 7.53. The van der Waals surface area contributed by atoms with Gasteiger partial charge in [-0.3, -0.25) is 0 Å². The van der Waals surface area contributed by atoms with Crippen molar-refractivity contribution in [1.82, 2.24) is 14.8 Å². The second-order valence-electron chi connectivity index (χ2n) is 6.26. The van der Waals surface area contributed by atoms with Crippen molar-refractivity contribution in [3.8, 4) is 0 Å². The maximum atomic E-state index is 10.2. The molecule has 2 aromatic heterocycles. The van der Waals surface area contributed by atoms with Crippen LogP contribution < -0.4 is 0 Å². The quantitative estimate of drug-likeness (QED) is 0.906. The second kappa shape index (κ2) is 6.34. The van der Waals surface area contributed by atoms with Gasteiger partial charge in [-0.1, -0.05) is 30.7 Å². The molecule has 0 amide bonds. The van der Waals surface area contributed by atoms with E-state index in [1.54, 1.807) is 23.1 Å². The molecule has 2 atom stereocenters. The summed E-state index contributed by atoms with van der Waals surface area (Å²) in [6.45, 7) is 0. The molecule has 0 spiro atoms. The molecule has 0 radical (unpaired) electrons. The number of nitrogens with zero attached hydrogens (tertiary/aromatic N) is 3. The SMILES string of the molecule is OC1CCCCC1Sc1nnc(Cc2cccs2)n1C1CC1. The Hall–Kier alpha value is -0.850. The summed E-state index contributed by atoms with van der Waals surface area (Å²) >= 11 is 3.52. The van der Waals surface area contributed by atoms with Crippen molar-refractivity contribution in [3.63, 3.8) is 0 Å². The summed E-state index contributed by atoms with van der Waals surface area (Å²) in [7, 11) is 0. The Labute approximate surface area is 139 Å². The third kappa shape index (κ3) is 3.09. The minimum atomic E-state index is -0.191. The maximum absolute atomic E-state index is 10.2. The number of aliphatic hydroxyl groups is 1. The number of hydrogen-bond donors (Lipinski definition) is 1. The summed E-state index contributed by atoms with van der Waals surface area (Å²) in [4.78, 5) is 1.34. The van der Waals surface area contributed by atoms with Gasteiger partial charge < -0.3 is 9.67 Å². The van der Waals surface area contributed by atoms with E-state index in [2.05, 4.69) is 32.3 Å². The first-order valence-electron chi connectivity index (χ1n) is 8.12. The van der Waals surface area contributed by atoms with Crippen LogP contribution in [0.15, 0.2) is 22.7 Å². The van der Waals surface area contributed by atoms with Gasteiger partial charge in [-0.25, -0.2) is 0 Å². The van der Waals surface area contributed by atoms with Gasteiger partial charge in [0, 0.05) is 22.6 Å². The Morgan fingerprint density at radius 1 is 1.23 bits per heavy atom. The number of aliphatic hydroxyl groups excluding tert-OH is 1. The van der Waals surface area contributed by atoms with Gasteiger partial charge in [0.2, 0.25) is 0 Å². The van der Waals surface area contributed by atoms with E-state index in [-0.39, 0.29) is 11.4 Å². The van der Waals surface area contributed by atoms with E-state index in [1.165, 1.54) is 24.1 Å². The van der Waals surface area contributed by atoms with Crippen LogP contribution in [-0.2, 0) is 6.42 Å². The molecule has 2 saturated carbocycles. The van der Waals surface area contributed by atoms with Crippen molar-refractivity contribution in [3.05, 3.63) is 28.2 Å². The molecule has 6 heteroatoms. The van der Waals surface area contributed by atoms with Gasteiger partial charge in [-0.15, -0.1) is 21.5 Å². The summed E-state index contributed by atoms with van der Waals surface area (Å²) in [5, 5.41) is 22.5. The fraction of sp³-hybridized carbons (Fsp3) is 0.625. The topological polar surface area (TPSA) is 50.9 Å². The van der Waals surface area contributed by atoms with Gasteiger partial charge >= 0.3 is 0 Å². The monoisotopic (exact) mass is 335 g/mol. The van der Waals surface area contributed by atoms with Crippen molar-refractivity contribution in [1.29, 1.82) is 0 Å². The van der Waals surface area contributed by atoms with Crippen LogP contribution >= 0.6 is 23.1 Å². The fourth-order valence-corrected chi connectivity index (χ4v) is 5.13. The molecule has 2 aliphatic rings. The lowest BCUT2D eigenvalue weighted by atomic mass is 9.97. The Morgan fingerprint density at radius 2 is 2.09 bits per heavy atom. The molecule has 0 aliphatic heterocycles. The van der Waals surface area contributed by atoms with Crippen LogP contribution in [0.5, 0.6) is 0 Å². The fourth-order valence-electron chi connectivity index (χ4n) is 3.13. The average Bonchev–Trinajstić information content (AvgIpc) is 3.08. The zero-order valence-electron chi connectivity index (χ0n) is 12.5. The molecule has 0 aromatic carbocycles. The molecule has 2 aromatic rings. The van der Waals surface area contributed by atoms with Crippen molar-refractivity contribution in [2.45, 2.75) is 67.5 Å². The lowest BCUT2D eigenvalue weighted by molar-refractivity contribution is 0.136. The molecule has 2 aliphatic carbocycles. The highest BCUT2D eigenvalue weighted by Gasteiger charge is 2.32. The number of aromatic nitrogens is 3. The van der Waals surface area contributed by atoms with Crippen LogP contribution in [0.3, 0.4) is 0 Å². The van der Waals surface area contributed by atoms with Gasteiger partial charge in [0.05, 0.1) is 6.10 Å². The standard InChI is InChI=1S/C16H21N3OS2/c20-13-5-1-2-6-14(13)22-16-18-17-15(19(16)11-7-8-11)10-12-4-3-9-21-12/h3-4,9,11,13-14,20H,1-2,5-8,10H2. The van der Waals surface area contributed by atoms with Crippen LogP contribution in [0, 0.1) is 0 Å². The van der Waals surface area contributed by atoms with E-state index < -0.39 is 0 Å². The first kappa shape index (κ1) is 14.7. The van der Waals surface area contributed by atoms with Crippen molar-refractivity contribution >= 4 is 23.1 Å². The average molecular weight is 335 g/mol. The third-order valence-corrected chi connectivity index (χ3v) is 6.70. The smallest absolute Gasteiger partial charge is 0.191 e. The van der Waals surface area contributed by atoms with Crippen LogP contribution in [0.1, 0.15) is 55.3 Å². The lowest BCUT2D eigenvalue weighted by Gasteiger charge is -2.26. The maximum Gasteiger partial charge on any atom is 0.191 e. The van der Waals surface area contributed by atoms with Crippen molar-refractivity contribution in [2.75, 3.05) is 0 Å². The van der Waals surface area contributed by atoms with Gasteiger partial charge in [0.15, 0.2) is 5.16 Å². The van der Waals surface area contributed by atoms with E-state index in [1.807, 2.05) is 0 Å². The van der Waals surface area contributed by atoms with Crippen LogP contribution in [0.4, 0.5) is 0 Å². The molecule has 2 fully saturated rings. The predicted octanol–water partition coefficient (Wildman–Crippen LogP) is 3.66. The Morgan fingerprint density at radius 3 is 2.82 bits per heavy atom. The van der Waals surface area contributed by atoms with Gasteiger partial charge in [-0.2, -0.15) is 0 Å². The molecule has 0 saturated heterocycles. The van der Waals surface area contributed by atoms with Gasteiger partial charge in [0.25, 0.3) is 0 Å². The summed E-state index contributed by atoms with van der Waals surface area (Å²) < 4.78 is 2.34. The normalized spacial score (nSPS) is 25.5. The molecule has 4 nitrogen and oxygen atoms in total. The first-order chi connectivity index (χ1) is 10.8. The van der Waals surface area contributed by atoms with Crippen molar-refractivity contribution in [2.24, 2.45) is 0 Å². The Kier molecular flexibility index (Phi) is 4.24. The Bertz CT molecular complexity index is 621. The van der Waals surface area contributed by atoms with E-state index in [9.17, 15) is 5.11 Å². The summed E-state index contributed by atoms with van der Waals surface area (Å²) in [5.74, 6) is 1.08. The second-order valence-corrected chi connectivity index (χ2v) is 8.50. The predicted molar refractivity (Wildman–Crippen MR) is 89.5 cm³/mol. The molecule has 1 N–H and O–H groups in total. The van der Waals surface area contributed by atoms with E-state index in [0.717, 1.165) is 36.7 Å². The van der Waals surface area contributed by atoms with Gasteiger partial charge in [-0.05, 0) is 37.1 Å². The zero-order valence-corrected chi connectivity index (χ0v) is 14.2. The van der Waals surface area contributed by atoms with E-state index in [0.29, 0.717) is 6.04 Å². The number of hydrogen-bond acceptors (Lipinski definition) is 5. The highest BCUT2D eigenvalue weighted by atomic mass is 32.2. The van der Waals surface area contributed by atoms with Crippen LogP contribution in [-0.4, -0.2) is 31.2 Å². The third-order valence-electron chi connectivity index (χ3n) is 4.48. The number of thiophene rings is 1. The number of rotatable bonds is 5. The minimum absolute atomic E-state index is 0.191. The number of thioether (sulfide) groups is 1. The summed E-state index contributed by atoms with van der Waals surface area (Å²) in [5.41, 5.74) is 0. The molecule has 2 heterocycles. The molecule has 0 bridgehead atoms. The molecular formula is C16H21N3OS2. The van der Waals surface area contributed by atoms with Gasteiger partial charge in [0.1, 0.15) is 5.82 Å². The summed E-state index contributed by atoms with van der Waals surface area (Å²) in [6, 6.07) is 4.83. The highest BCUT2D eigenvalue weighted by Crippen LogP contribution is 2.41. The molecule has 22 heavy (non-hydrogen) atoms. The van der Waals surface area contributed by atoms with Crippen LogP contribution in [0.25, 0.3) is 0 Å². The van der Waals surface area contributed by atoms with E-state index >= 15 is 0 Å². The molecular weight excluding hydrogens is 314 g/mol. The van der Waals surface area contributed by atoms with E-state index in [4.69, 9.17) is 0 Å². The van der Waals surface area contributed by atoms with Crippen molar-refractivity contribution < 1.29 is 5.11 Å². The molecule has 2 unspecified atom stereocenters. The largest absolute Gasteiger partial charge is 0.392 e. The minimum Gasteiger partial charge on any atom is -0.392 e.